The quantitative estimate of drug-likeness (QED) is 0.691. The number of hydrogen-bond donors (Lipinski definition) is 1. The second kappa shape index (κ2) is 8.76. The molecule has 3 nitrogen and oxygen atoms in total. The van der Waals surface area contributed by atoms with Crippen molar-refractivity contribution in [3.05, 3.63) is 16.0 Å². The Hall–Kier alpha value is -1.34. The lowest BCUT2D eigenvalue weighted by molar-refractivity contribution is -0.116. The second-order valence-corrected chi connectivity index (χ2v) is 6.39. The highest BCUT2D eigenvalue weighted by atomic mass is 32.1. The Morgan fingerprint density at radius 2 is 1.85 bits per heavy atom. The number of hydrogen-bond acceptors (Lipinski definition) is 3. The molecule has 4 heteroatoms. The average molecular weight is 292 g/mol. The first-order valence-corrected chi connectivity index (χ1v) is 8.21. The molecule has 0 aromatic carbocycles. The third-order valence-corrected chi connectivity index (χ3v) is 4.63. The summed E-state index contributed by atoms with van der Waals surface area (Å²) in [5, 5.41) is 12.7. The molecule has 20 heavy (non-hydrogen) atoms. The molecule has 0 saturated heterocycles. The van der Waals surface area contributed by atoms with Crippen LogP contribution in [0.15, 0.2) is 0 Å². The fourth-order valence-electron chi connectivity index (χ4n) is 2.10. The van der Waals surface area contributed by atoms with Crippen molar-refractivity contribution < 1.29 is 4.79 Å². The summed E-state index contributed by atoms with van der Waals surface area (Å²) in [7, 11) is 0. The summed E-state index contributed by atoms with van der Waals surface area (Å²) < 4.78 is 0. The molecule has 0 unspecified atom stereocenters. The van der Waals surface area contributed by atoms with E-state index in [4.69, 9.17) is 5.26 Å². The third kappa shape index (κ3) is 4.97. The smallest absolute Gasteiger partial charge is 0.225 e. The normalized spacial score (nSPS) is 10.3. The second-order valence-electron chi connectivity index (χ2n) is 5.17. The van der Waals surface area contributed by atoms with Gasteiger partial charge in [0.05, 0.1) is 5.56 Å². The maximum Gasteiger partial charge on any atom is 0.225 e. The molecular weight excluding hydrogens is 268 g/mol. The molecule has 0 spiro atoms. The van der Waals surface area contributed by atoms with E-state index >= 15 is 0 Å². The van der Waals surface area contributed by atoms with Gasteiger partial charge in [0.15, 0.2) is 0 Å². The molecule has 1 aromatic heterocycles. The van der Waals surface area contributed by atoms with E-state index in [0.29, 0.717) is 17.0 Å². The van der Waals surface area contributed by atoms with Crippen LogP contribution in [0.4, 0.5) is 5.00 Å². The SMILES string of the molecule is CCCCCCCCC(=O)Nc1sc(C)c(C)c1C#N. The highest BCUT2D eigenvalue weighted by Gasteiger charge is 2.14. The van der Waals surface area contributed by atoms with E-state index in [2.05, 4.69) is 18.3 Å². The zero-order chi connectivity index (χ0) is 15.0. The molecule has 110 valence electrons. The maximum atomic E-state index is 11.9. The number of nitrogens with one attached hydrogen (secondary N) is 1. The number of unbranched alkanes of at least 4 members (excludes halogenated alkanes) is 5. The van der Waals surface area contributed by atoms with Gasteiger partial charge in [-0.15, -0.1) is 11.3 Å². The van der Waals surface area contributed by atoms with Crippen LogP contribution in [-0.4, -0.2) is 5.91 Å². The standard InChI is InChI=1S/C16H24N2OS/c1-4-5-6-7-8-9-10-15(19)18-16-14(11-17)12(2)13(3)20-16/h4-10H2,1-3H3,(H,18,19). The van der Waals surface area contributed by atoms with Crippen LogP contribution in [0.1, 0.15) is 67.9 Å². The minimum Gasteiger partial charge on any atom is -0.317 e. The first-order chi connectivity index (χ1) is 9.60. The van der Waals surface area contributed by atoms with E-state index in [1.807, 2.05) is 13.8 Å². The van der Waals surface area contributed by atoms with Crippen LogP contribution in [0.2, 0.25) is 0 Å². The predicted molar refractivity (Wildman–Crippen MR) is 85.1 cm³/mol. The van der Waals surface area contributed by atoms with E-state index in [0.717, 1.165) is 23.3 Å². The molecule has 0 fully saturated rings. The lowest BCUT2D eigenvalue weighted by atomic mass is 10.1. The summed E-state index contributed by atoms with van der Waals surface area (Å²) in [6.45, 7) is 6.10. The number of thiophene rings is 1. The predicted octanol–water partition coefficient (Wildman–Crippen LogP) is 4.93. The average Bonchev–Trinajstić information content (AvgIpc) is 2.68. The van der Waals surface area contributed by atoms with Crippen molar-refractivity contribution in [3.63, 3.8) is 0 Å². The zero-order valence-electron chi connectivity index (χ0n) is 12.7. The number of anilines is 1. The van der Waals surface area contributed by atoms with Crippen LogP contribution in [0.5, 0.6) is 0 Å². The fraction of sp³-hybridized carbons (Fsp3) is 0.625. The van der Waals surface area contributed by atoms with Crippen molar-refractivity contribution in [3.8, 4) is 6.07 Å². The molecule has 0 aliphatic heterocycles. The molecule has 1 rings (SSSR count). The van der Waals surface area contributed by atoms with Crippen molar-refractivity contribution in [1.82, 2.24) is 0 Å². The summed E-state index contributed by atoms with van der Waals surface area (Å²) in [5.41, 5.74) is 1.59. The molecule has 1 N–H and O–H groups in total. The van der Waals surface area contributed by atoms with Crippen LogP contribution >= 0.6 is 11.3 Å². The minimum absolute atomic E-state index is 0.0261. The van der Waals surface area contributed by atoms with Crippen LogP contribution < -0.4 is 5.32 Å². The van der Waals surface area contributed by atoms with Gasteiger partial charge in [-0.3, -0.25) is 4.79 Å². The number of amides is 1. The number of nitrogens with zero attached hydrogens (tertiary/aromatic N) is 1. The van der Waals surface area contributed by atoms with Gasteiger partial charge in [-0.2, -0.15) is 5.26 Å². The van der Waals surface area contributed by atoms with Crippen molar-refractivity contribution in [2.75, 3.05) is 5.32 Å². The molecule has 0 saturated carbocycles. The number of rotatable bonds is 8. The van der Waals surface area contributed by atoms with Gasteiger partial charge in [-0.05, 0) is 25.8 Å². The molecule has 1 amide bonds. The number of aryl methyl sites for hydroxylation is 1. The van der Waals surface area contributed by atoms with Crippen molar-refractivity contribution in [2.45, 2.75) is 65.7 Å². The Morgan fingerprint density at radius 1 is 1.20 bits per heavy atom. The lowest BCUT2D eigenvalue weighted by Gasteiger charge is -2.03. The third-order valence-electron chi connectivity index (χ3n) is 3.51. The summed E-state index contributed by atoms with van der Waals surface area (Å²) in [6.07, 6.45) is 7.59. The lowest BCUT2D eigenvalue weighted by Crippen LogP contribution is -2.10. The number of nitriles is 1. The van der Waals surface area contributed by atoms with Gasteiger partial charge in [0.2, 0.25) is 5.91 Å². The summed E-state index contributed by atoms with van der Waals surface area (Å²) in [5.74, 6) is 0.0261. The Morgan fingerprint density at radius 3 is 2.50 bits per heavy atom. The van der Waals surface area contributed by atoms with Crippen molar-refractivity contribution in [1.29, 1.82) is 5.26 Å². The number of carbonyl (C=O) groups is 1. The van der Waals surface area contributed by atoms with Gasteiger partial charge in [0.1, 0.15) is 11.1 Å². The summed E-state index contributed by atoms with van der Waals surface area (Å²) in [4.78, 5) is 13.0. The number of carbonyl (C=O) groups excluding carboxylic acids is 1. The molecular formula is C16H24N2OS. The first-order valence-electron chi connectivity index (χ1n) is 7.40. The van der Waals surface area contributed by atoms with Crippen molar-refractivity contribution in [2.24, 2.45) is 0 Å². The van der Waals surface area contributed by atoms with E-state index in [1.54, 1.807) is 0 Å². The zero-order valence-corrected chi connectivity index (χ0v) is 13.5. The monoisotopic (exact) mass is 292 g/mol. The van der Waals surface area contributed by atoms with Crippen molar-refractivity contribution >= 4 is 22.2 Å². The topological polar surface area (TPSA) is 52.9 Å². The summed E-state index contributed by atoms with van der Waals surface area (Å²) >= 11 is 1.49. The van der Waals surface area contributed by atoms with E-state index in [1.165, 1.54) is 37.0 Å². The molecule has 0 atom stereocenters. The molecule has 0 bridgehead atoms. The minimum atomic E-state index is 0.0261. The van der Waals surface area contributed by atoms with Gasteiger partial charge in [-0.25, -0.2) is 0 Å². The van der Waals surface area contributed by atoms with E-state index in [-0.39, 0.29) is 5.91 Å². The highest BCUT2D eigenvalue weighted by molar-refractivity contribution is 7.16. The Kier molecular flexibility index (Phi) is 7.32. The molecule has 1 aromatic rings. The van der Waals surface area contributed by atoms with E-state index < -0.39 is 0 Å². The first kappa shape index (κ1) is 16.7. The van der Waals surface area contributed by atoms with Gasteiger partial charge in [0.25, 0.3) is 0 Å². The maximum absolute atomic E-state index is 11.9. The largest absolute Gasteiger partial charge is 0.317 e. The summed E-state index contributed by atoms with van der Waals surface area (Å²) in [6, 6.07) is 2.18. The van der Waals surface area contributed by atoms with Crippen LogP contribution in [0.25, 0.3) is 0 Å². The van der Waals surface area contributed by atoms with Crippen LogP contribution in [0, 0.1) is 25.2 Å². The Bertz CT molecular complexity index is 485. The molecule has 1 heterocycles. The molecule has 0 aliphatic carbocycles. The van der Waals surface area contributed by atoms with Crippen LogP contribution in [-0.2, 0) is 4.79 Å². The van der Waals surface area contributed by atoms with Crippen LogP contribution in [0.3, 0.4) is 0 Å². The fourth-order valence-corrected chi connectivity index (χ4v) is 3.13. The highest BCUT2D eigenvalue weighted by Crippen LogP contribution is 2.31. The Labute approximate surface area is 126 Å². The van der Waals surface area contributed by atoms with Gasteiger partial charge >= 0.3 is 0 Å². The van der Waals surface area contributed by atoms with Gasteiger partial charge < -0.3 is 5.32 Å². The van der Waals surface area contributed by atoms with Gasteiger partial charge in [-0.1, -0.05) is 39.0 Å². The molecule has 0 aliphatic rings. The molecule has 0 radical (unpaired) electrons. The van der Waals surface area contributed by atoms with Gasteiger partial charge in [0, 0.05) is 11.3 Å². The Balaban J connectivity index is 2.36. The van der Waals surface area contributed by atoms with E-state index in [9.17, 15) is 4.79 Å².